The number of rotatable bonds is 4. The molecule has 1 atom stereocenters. The lowest BCUT2D eigenvalue weighted by atomic mass is 10.3. The highest BCUT2D eigenvalue weighted by molar-refractivity contribution is 5.34. The number of hydrogen-bond acceptors (Lipinski definition) is 3. The molecule has 62 valence electrons. The topological polar surface area (TPSA) is 74.1 Å². The Balaban J connectivity index is 2.23. The molecule has 0 aliphatic rings. The summed E-state index contributed by atoms with van der Waals surface area (Å²) in [4.78, 5) is 2.95. The van der Waals surface area contributed by atoms with Crippen LogP contribution in [-0.2, 0) is 0 Å². The van der Waals surface area contributed by atoms with E-state index in [2.05, 4.69) is 10.3 Å². The summed E-state index contributed by atoms with van der Waals surface area (Å²) in [7, 11) is 0. The lowest BCUT2D eigenvalue weighted by Crippen LogP contribution is -2.27. The zero-order valence-electron chi connectivity index (χ0n) is 6.25. The minimum atomic E-state index is -0.474. The van der Waals surface area contributed by atoms with Crippen LogP contribution >= 0.6 is 0 Å². The van der Waals surface area contributed by atoms with Crippen LogP contribution in [0, 0.1) is 0 Å². The third kappa shape index (κ3) is 2.61. The van der Waals surface area contributed by atoms with Crippen molar-refractivity contribution in [3.05, 3.63) is 18.3 Å². The first kappa shape index (κ1) is 8.10. The molecule has 1 rings (SSSR count). The molecule has 11 heavy (non-hydrogen) atoms. The van der Waals surface area contributed by atoms with E-state index in [1.807, 2.05) is 18.3 Å². The lowest BCUT2D eigenvalue weighted by molar-refractivity contribution is 0.196. The number of nitrogens with two attached hydrogens (primary N) is 1. The van der Waals surface area contributed by atoms with Crippen molar-refractivity contribution in [1.82, 2.24) is 4.98 Å². The second-order valence-corrected chi connectivity index (χ2v) is 2.35. The Labute approximate surface area is 65.4 Å². The van der Waals surface area contributed by atoms with Gasteiger partial charge in [-0.3, -0.25) is 0 Å². The summed E-state index contributed by atoms with van der Waals surface area (Å²) in [6, 6.07) is 3.78. The lowest BCUT2D eigenvalue weighted by Gasteiger charge is -2.08. The fourth-order valence-electron chi connectivity index (χ4n) is 0.751. The maximum Gasteiger partial charge on any atom is 0.103 e. The zero-order valence-corrected chi connectivity index (χ0v) is 6.25. The molecule has 0 radical (unpaired) electrons. The van der Waals surface area contributed by atoms with Crippen LogP contribution in [-0.4, -0.2) is 29.3 Å². The molecule has 0 amide bonds. The minimum Gasteiger partial charge on any atom is -0.390 e. The second-order valence-electron chi connectivity index (χ2n) is 2.35. The summed E-state index contributed by atoms with van der Waals surface area (Å²) in [6.07, 6.45) is 1.34. The van der Waals surface area contributed by atoms with Crippen LogP contribution in [0.15, 0.2) is 18.3 Å². The van der Waals surface area contributed by atoms with E-state index in [4.69, 9.17) is 10.8 Å². The number of hydrogen-bond donors (Lipinski definition) is 4. The molecule has 1 unspecified atom stereocenters. The van der Waals surface area contributed by atoms with Crippen LogP contribution in [0.25, 0.3) is 0 Å². The molecule has 0 aliphatic carbocycles. The zero-order chi connectivity index (χ0) is 8.10. The van der Waals surface area contributed by atoms with E-state index < -0.39 is 6.10 Å². The van der Waals surface area contributed by atoms with E-state index >= 15 is 0 Å². The van der Waals surface area contributed by atoms with Gasteiger partial charge in [0.15, 0.2) is 0 Å². The number of aliphatic hydroxyl groups excluding tert-OH is 1. The first-order valence-corrected chi connectivity index (χ1v) is 3.58. The summed E-state index contributed by atoms with van der Waals surface area (Å²) in [6.45, 7) is 0.769. The third-order valence-electron chi connectivity index (χ3n) is 1.40. The normalized spacial score (nSPS) is 12.9. The number of nitrogens with one attached hydrogen (secondary N) is 2. The van der Waals surface area contributed by atoms with E-state index in [9.17, 15) is 0 Å². The predicted molar refractivity (Wildman–Crippen MR) is 44.3 cm³/mol. The van der Waals surface area contributed by atoms with Gasteiger partial charge in [-0.2, -0.15) is 0 Å². The van der Waals surface area contributed by atoms with Gasteiger partial charge in [-0.05, 0) is 12.1 Å². The van der Waals surface area contributed by atoms with Crippen LogP contribution < -0.4 is 11.1 Å². The van der Waals surface area contributed by atoms with Gasteiger partial charge in [0.05, 0.1) is 6.10 Å². The van der Waals surface area contributed by atoms with Gasteiger partial charge in [-0.25, -0.2) is 0 Å². The largest absolute Gasteiger partial charge is 0.390 e. The molecule has 0 aliphatic heterocycles. The van der Waals surface area contributed by atoms with Crippen LogP contribution in [0.2, 0.25) is 0 Å². The predicted octanol–water partition coefficient (Wildman–Crippen LogP) is -0.254. The van der Waals surface area contributed by atoms with Gasteiger partial charge in [0, 0.05) is 19.3 Å². The Hall–Kier alpha value is -1.00. The smallest absolute Gasteiger partial charge is 0.103 e. The summed E-state index contributed by atoms with van der Waals surface area (Å²) in [5.74, 6) is 0.900. The molecular weight excluding hydrogens is 142 g/mol. The molecule has 4 heteroatoms. The standard InChI is InChI=1S/C7H13N3O/c8-4-6(11)5-10-7-2-1-3-9-7/h1-3,6,9-11H,4-5,8H2. The number of aromatic nitrogens is 1. The first-order valence-electron chi connectivity index (χ1n) is 3.58. The van der Waals surface area contributed by atoms with Crippen molar-refractivity contribution in [2.24, 2.45) is 5.73 Å². The summed E-state index contributed by atoms with van der Waals surface area (Å²) in [5, 5.41) is 12.0. The Bertz CT molecular complexity index is 186. The molecule has 0 aromatic carbocycles. The monoisotopic (exact) mass is 155 g/mol. The Morgan fingerprint density at radius 1 is 1.73 bits per heavy atom. The number of aromatic amines is 1. The molecule has 0 spiro atoms. The molecule has 0 fully saturated rings. The van der Waals surface area contributed by atoms with Crippen LogP contribution in [0.5, 0.6) is 0 Å². The quantitative estimate of drug-likeness (QED) is 0.484. The van der Waals surface area contributed by atoms with E-state index in [-0.39, 0.29) is 6.54 Å². The van der Waals surface area contributed by atoms with Gasteiger partial charge in [0.2, 0.25) is 0 Å². The second kappa shape index (κ2) is 4.00. The summed E-state index contributed by atoms with van der Waals surface area (Å²) in [5.41, 5.74) is 5.21. The van der Waals surface area contributed by atoms with Crippen molar-refractivity contribution in [1.29, 1.82) is 0 Å². The highest BCUT2D eigenvalue weighted by Gasteiger charge is 1.99. The SMILES string of the molecule is NCC(O)CNc1ccc[nH]1. The molecule has 0 saturated heterocycles. The van der Waals surface area contributed by atoms with E-state index in [1.165, 1.54) is 0 Å². The van der Waals surface area contributed by atoms with Crippen LogP contribution in [0.3, 0.4) is 0 Å². The molecule has 5 N–H and O–H groups in total. The molecule has 4 nitrogen and oxygen atoms in total. The van der Waals surface area contributed by atoms with Crippen LogP contribution in [0.4, 0.5) is 5.82 Å². The van der Waals surface area contributed by atoms with E-state index in [1.54, 1.807) is 0 Å². The Morgan fingerprint density at radius 2 is 2.55 bits per heavy atom. The maximum atomic E-state index is 9.06. The van der Waals surface area contributed by atoms with Gasteiger partial charge in [0.25, 0.3) is 0 Å². The molecular formula is C7H13N3O. The highest BCUT2D eigenvalue weighted by atomic mass is 16.3. The molecule has 0 bridgehead atoms. The van der Waals surface area contributed by atoms with Crippen molar-refractivity contribution >= 4 is 5.82 Å². The summed E-state index contributed by atoms with van der Waals surface area (Å²) >= 11 is 0. The minimum absolute atomic E-state index is 0.285. The average molecular weight is 155 g/mol. The molecule has 0 saturated carbocycles. The van der Waals surface area contributed by atoms with Gasteiger partial charge in [0.1, 0.15) is 5.82 Å². The Morgan fingerprint density at radius 3 is 3.09 bits per heavy atom. The molecule has 1 heterocycles. The van der Waals surface area contributed by atoms with E-state index in [0.29, 0.717) is 6.54 Å². The highest BCUT2D eigenvalue weighted by Crippen LogP contribution is 1.99. The van der Waals surface area contributed by atoms with Crippen molar-refractivity contribution in [3.63, 3.8) is 0 Å². The average Bonchev–Trinajstić information content (AvgIpc) is 2.52. The fourth-order valence-corrected chi connectivity index (χ4v) is 0.751. The molecule has 1 aromatic rings. The van der Waals surface area contributed by atoms with Gasteiger partial charge in [-0.15, -0.1) is 0 Å². The van der Waals surface area contributed by atoms with Gasteiger partial charge >= 0.3 is 0 Å². The molecule has 1 aromatic heterocycles. The summed E-state index contributed by atoms with van der Waals surface area (Å²) < 4.78 is 0. The number of H-pyrrole nitrogens is 1. The fraction of sp³-hybridized carbons (Fsp3) is 0.429. The first-order chi connectivity index (χ1) is 5.33. The third-order valence-corrected chi connectivity index (χ3v) is 1.40. The maximum absolute atomic E-state index is 9.06. The van der Waals surface area contributed by atoms with Crippen molar-refractivity contribution < 1.29 is 5.11 Å². The Kier molecular flexibility index (Phi) is 2.95. The van der Waals surface area contributed by atoms with Crippen molar-refractivity contribution in [2.75, 3.05) is 18.4 Å². The van der Waals surface area contributed by atoms with Crippen molar-refractivity contribution in [2.45, 2.75) is 6.10 Å². The van der Waals surface area contributed by atoms with E-state index in [0.717, 1.165) is 5.82 Å². The van der Waals surface area contributed by atoms with Crippen LogP contribution in [0.1, 0.15) is 0 Å². The number of aliphatic hydroxyl groups is 1. The van der Waals surface area contributed by atoms with Gasteiger partial charge < -0.3 is 21.1 Å². The number of anilines is 1. The van der Waals surface area contributed by atoms with Gasteiger partial charge in [-0.1, -0.05) is 0 Å². The van der Waals surface area contributed by atoms with Crippen molar-refractivity contribution in [3.8, 4) is 0 Å².